The summed E-state index contributed by atoms with van der Waals surface area (Å²) in [6, 6.07) is 11.0. The fourth-order valence-electron chi connectivity index (χ4n) is 2.80. The molecule has 0 bridgehead atoms. The summed E-state index contributed by atoms with van der Waals surface area (Å²) in [6.07, 6.45) is -3.29. The lowest BCUT2D eigenvalue weighted by Crippen LogP contribution is -2.10. The number of hydrogen-bond acceptors (Lipinski definition) is 7. The number of nitrogens with two attached hydrogens (primary N) is 1. The van der Waals surface area contributed by atoms with Gasteiger partial charge in [-0.25, -0.2) is 15.0 Å². The van der Waals surface area contributed by atoms with Crippen LogP contribution >= 0.6 is 11.3 Å². The van der Waals surface area contributed by atoms with Crippen LogP contribution in [0.5, 0.6) is 0 Å². The van der Waals surface area contributed by atoms with Gasteiger partial charge >= 0.3 is 6.18 Å². The monoisotopic (exact) mass is 416 g/mol. The summed E-state index contributed by atoms with van der Waals surface area (Å²) in [5, 5.41) is 6.26. The molecule has 2 aromatic heterocycles. The summed E-state index contributed by atoms with van der Waals surface area (Å²) in [7, 11) is 0. The molecule has 2 aromatic carbocycles. The highest BCUT2D eigenvalue weighted by molar-refractivity contribution is 7.22. The molecular weight excluding hydrogens is 401 g/mol. The van der Waals surface area contributed by atoms with Gasteiger partial charge in [-0.3, -0.25) is 0 Å². The molecule has 4 rings (SSSR count). The Balaban J connectivity index is 1.65. The number of alkyl halides is 3. The van der Waals surface area contributed by atoms with E-state index in [9.17, 15) is 13.2 Å². The van der Waals surface area contributed by atoms with Crippen LogP contribution in [-0.4, -0.2) is 15.0 Å². The van der Waals surface area contributed by atoms with Crippen molar-refractivity contribution in [2.75, 3.05) is 16.4 Å². The van der Waals surface area contributed by atoms with E-state index in [1.165, 1.54) is 35.9 Å². The van der Waals surface area contributed by atoms with Crippen LogP contribution in [0.25, 0.3) is 10.2 Å². The average molecular weight is 416 g/mol. The van der Waals surface area contributed by atoms with Crippen molar-refractivity contribution >= 4 is 49.7 Å². The predicted octanol–water partition coefficient (Wildman–Crippen LogP) is 5.48. The number of rotatable bonds is 4. The molecule has 0 unspecified atom stereocenters. The largest absolute Gasteiger partial charge is 0.418 e. The van der Waals surface area contributed by atoms with Gasteiger partial charge in [0.25, 0.3) is 0 Å². The first-order chi connectivity index (χ1) is 13.8. The quantitative estimate of drug-likeness (QED) is 0.408. The lowest BCUT2D eigenvalue weighted by Gasteiger charge is -2.15. The van der Waals surface area contributed by atoms with Gasteiger partial charge in [-0.1, -0.05) is 35.6 Å². The van der Waals surface area contributed by atoms with Crippen LogP contribution in [0.4, 0.5) is 41.3 Å². The summed E-state index contributed by atoms with van der Waals surface area (Å²) >= 11 is 1.42. The molecule has 0 atom stereocenters. The van der Waals surface area contributed by atoms with E-state index < -0.39 is 11.7 Å². The maximum absolute atomic E-state index is 13.2. The van der Waals surface area contributed by atoms with Crippen LogP contribution < -0.4 is 16.4 Å². The van der Waals surface area contributed by atoms with E-state index in [-0.39, 0.29) is 23.0 Å². The van der Waals surface area contributed by atoms with Crippen molar-refractivity contribution in [3.8, 4) is 0 Å². The van der Waals surface area contributed by atoms with Crippen LogP contribution in [0.1, 0.15) is 11.1 Å². The average Bonchev–Trinajstić information content (AvgIpc) is 3.09. The number of thiazole rings is 1. The van der Waals surface area contributed by atoms with Gasteiger partial charge in [0.15, 0.2) is 16.8 Å². The number of para-hydroxylation sites is 2. The number of aromatic nitrogens is 3. The molecule has 148 valence electrons. The molecule has 0 spiro atoms. The van der Waals surface area contributed by atoms with Crippen molar-refractivity contribution in [3.63, 3.8) is 0 Å². The van der Waals surface area contributed by atoms with E-state index in [0.717, 1.165) is 21.8 Å². The molecule has 0 radical (unpaired) electrons. The summed E-state index contributed by atoms with van der Waals surface area (Å²) in [4.78, 5) is 12.6. The van der Waals surface area contributed by atoms with Crippen molar-refractivity contribution in [2.45, 2.75) is 13.1 Å². The van der Waals surface area contributed by atoms with Crippen LogP contribution in [0.2, 0.25) is 0 Å². The number of anilines is 5. The Morgan fingerprint density at radius 1 is 0.966 bits per heavy atom. The first kappa shape index (κ1) is 18.9. The number of benzene rings is 2. The number of hydrogen-bond donors (Lipinski definition) is 3. The lowest BCUT2D eigenvalue weighted by molar-refractivity contribution is -0.136. The molecule has 29 heavy (non-hydrogen) atoms. The SMILES string of the molecule is Cc1cccc2sc(Nc3ncnc(Nc4ccccc4C(F)(F)F)c3N)nc12. The number of halogens is 3. The molecule has 0 aliphatic heterocycles. The van der Waals surface area contributed by atoms with E-state index >= 15 is 0 Å². The fourth-order valence-corrected chi connectivity index (χ4v) is 3.75. The molecule has 10 heteroatoms. The zero-order chi connectivity index (χ0) is 20.6. The highest BCUT2D eigenvalue weighted by Gasteiger charge is 2.33. The molecular formula is C19H15F3N6S. The third kappa shape index (κ3) is 3.79. The summed E-state index contributed by atoms with van der Waals surface area (Å²) in [5.41, 5.74) is 7.14. The van der Waals surface area contributed by atoms with Gasteiger partial charge in [0, 0.05) is 0 Å². The summed E-state index contributed by atoms with van der Waals surface area (Å²) < 4.78 is 40.7. The molecule has 0 saturated carbocycles. The Morgan fingerprint density at radius 2 is 1.69 bits per heavy atom. The standard InChI is InChI=1S/C19H15F3N6S/c1-10-5-4-8-13-15(10)27-18(29-13)28-17-14(23)16(24-9-25-17)26-12-7-3-2-6-11(12)19(20,21)22/h2-9H,23H2,1H3,(H2,24,25,26,27,28). The van der Waals surface area contributed by atoms with Crippen LogP contribution in [0.3, 0.4) is 0 Å². The molecule has 0 fully saturated rings. The molecule has 0 aliphatic rings. The first-order valence-corrected chi connectivity index (χ1v) is 9.31. The van der Waals surface area contributed by atoms with E-state index in [1.54, 1.807) is 0 Å². The van der Waals surface area contributed by atoms with E-state index in [4.69, 9.17) is 5.73 Å². The molecule has 2 heterocycles. The fraction of sp³-hybridized carbons (Fsp3) is 0.105. The Morgan fingerprint density at radius 3 is 2.41 bits per heavy atom. The predicted molar refractivity (Wildman–Crippen MR) is 109 cm³/mol. The number of nitrogens with zero attached hydrogens (tertiary/aromatic N) is 3. The third-order valence-corrected chi connectivity index (χ3v) is 5.15. The highest BCUT2D eigenvalue weighted by atomic mass is 32.1. The molecule has 4 N–H and O–H groups in total. The molecule has 0 amide bonds. The Hall–Kier alpha value is -3.40. The smallest absolute Gasteiger partial charge is 0.393 e. The lowest BCUT2D eigenvalue weighted by atomic mass is 10.1. The minimum Gasteiger partial charge on any atom is -0.393 e. The van der Waals surface area contributed by atoms with Gasteiger partial charge in [-0.2, -0.15) is 13.2 Å². The third-order valence-electron chi connectivity index (χ3n) is 4.22. The summed E-state index contributed by atoms with van der Waals surface area (Å²) in [5.74, 6) is 0.320. The van der Waals surface area contributed by atoms with Gasteiger partial charge in [0.05, 0.1) is 21.5 Å². The van der Waals surface area contributed by atoms with Crippen LogP contribution in [0.15, 0.2) is 48.8 Å². The minimum atomic E-state index is -4.51. The Bertz CT molecular complexity index is 1190. The normalized spacial score (nSPS) is 11.6. The van der Waals surface area contributed by atoms with Gasteiger partial charge in [0.2, 0.25) is 0 Å². The van der Waals surface area contributed by atoms with Crippen LogP contribution in [-0.2, 0) is 6.18 Å². The number of aryl methyl sites for hydroxylation is 1. The van der Waals surface area contributed by atoms with E-state index in [0.29, 0.717) is 5.13 Å². The van der Waals surface area contributed by atoms with Gasteiger partial charge in [-0.15, -0.1) is 0 Å². The zero-order valence-electron chi connectivity index (χ0n) is 15.1. The maximum Gasteiger partial charge on any atom is 0.418 e. The molecule has 4 aromatic rings. The number of nitrogens with one attached hydrogen (secondary N) is 2. The topological polar surface area (TPSA) is 88.8 Å². The van der Waals surface area contributed by atoms with Crippen molar-refractivity contribution < 1.29 is 13.2 Å². The second-order valence-corrected chi connectivity index (χ2v) is 7.25. The second kappa shape index (κ2) is 7.21. The summed E-state index contributed by atoms with van der Waals surface area (Å²) in [6.45, 7) is 1.96. The Labute approximate surface area is 167 Å². The van der Waals surface area contributed by atoms with Crippen molar-refractivity contribution in [3.05, 3.63) is 59.9 Å². The van der Waals surface area contributed by atoms with Crippen molar-refractivity contribution in [1.29, 1.82) is 0 Å². The second-order valence-electron chi connectivity index (χ2n) is 6.22. The highest BCUT2D eigenvalue weighted by Crippen LogP contribution is 2.37. The van der Waals surface area contributed by atoms with Crippen molar-refractivity contribution in [1.82, 2.24) is 15.0 Å². The van der Waals surface area contributed by atoms with Crippen molar-refractivity contribution in [2.24, 2.45) is 0 Å². The molecule has 0 saturated heterocycles. The maximum atomic E-state index is 13.2. The van der Waals surface area contributed by atoms with Crippen LogP contribution in [0, 0.1) is 6.92 Å². The molecule has 0 aliphatic carbocycles. The van der Waals surface area contributed by atoms with E-state index in [1.807, 2.05) is 25.1 Å². The first-order valence-electron chi connectivity index (χ1n) is 8.50. The van der Waals surface area contributed by atoms with Gasteiger partial charge < -0.3 is 16.4 Å². The minimum absolute atomic E-state index is 0.0662. The molecule has 6 nitrogen and oxygen atoms in total. The zero-order valence-corrected chi connectivity index (χ0v) is 15.9. The van der Waals surface area contributed by atoms with Gasteiger partial charge in [0.1, 0.15) is 12.0 Å². The van der Waals surface area contributed by atoms with E-state index in [2.05, 4.69) is 25.6 Å². The number of fused-ring (bicyclic) bond motifs is 1. The van der Waals surface area contributed by atoms with Gasteiger partial charge in [-0.05, 0) is 30.7 Å². The number of nitrogen functional groups attached to an aromatic ring is 1. The Kier molecular flexibility index (Phi) is 4.71.